The molecule has 0 aromatic rings. The lowest BCUT2D eigenvalue weighted by Gasteiger charge is -2.29. The van der Waals surface area contributed by atoms with E-state index in [1.54, 1.807) is 16.7 Å². The first-order valence-electron chi connectivity index (χ1n) is 5.71. The number of amides is 2. The Kier molecular flexibility index (Phi) is 5.06. The van der Waals surface area contributed by atoms with E-state index in [0.29, 0.717) is 13.1 Å². The third-order valence-electron chi connectivity index (χ3n) is 3.07. The van der Waals surface area contributed by atoms with Gasteiger partial charge in [-0.1, -0.05) is 0 Å². The Hall–Kier alpha value is -0.770. The van der Waals surface area contributed by atoms with Crippen LogP contribution in [-0.2, 0) is 9.59 Å². The molecule has 1 unspecified atom stereocenters. The maximum atomic E-state index is 11.6. The molecule has 16 heavy (non-hydrogen) atoms. The van der Waals surface area contributed by atoms with Crippen LogP contribution in [0.5, 0.6) is 0 Å². The number of hydrogen-bond donors (Lipinski definition) is 0. The zero-order chi connectivity index (χ0) is 12.1. The molecule has 0 radical (unpaired) electrons. The maximum absolute atomic E-state index is 11.6. The molecule has 2 amide bonds. The van der Waals surface area contributed by atoms with Crippen molar-refractivity contribution < 1.29 is 9.59 Å². The van der Waals surface area contributed by atoms with Crippen LogP contribution in [0, 0.1) is 0 Å². The summed E-state index contributed by atoms with van der Waals surface area (Å²) in [7, 11) is 0. The molecule has 1 heterocycles. The summed E-state index contributed by atoms with van der Waals surface area (Å²) in [4.78, 5) is 26.4. The lowest BCUT2D eigenvalue weighted by Crippen LogP contribution is -2.45. The van der Waals surface area contributed by atoms with Gasteiger partial charge in [-0.05, 0) is 19.8 Å². The second-order valence-electron chi connectivity index (χ2n) is 4.07. The molecule has 0 saturated carbocycles. The summed E-state index contributed by atoms with van der Waals surface area (Å²) in [6.45, 7) is 5.60. The van der Waals surface area contributed by atoms with Crippen LogP contribution in [0.25, 0.3) is 0 Å². The SMILES string of the molecule is CCN(CC1CCCN1C(=O)CCl)C(C)=O. The van der Waals surface area contributed by atoms with Crippen LogP contribution < -0.4 is 0 Å². The Morgan fingerprint density at radius 1 is 1.50 bits per heavy atom. The van der Waals surface area contributed by atoms with E-state index < -0.39 is 0 Å². The van der Waals surface area contributed by atoms with E-state index in [1.165, 1.54) is 0 Å². The van der Waals surface area contributed by atoms with E-state index in [9.17, 15) is 9.59 Å². The van der Waals surface area contributed by atoms with Gasteiger partial charge in [-0.3, -0.25) is 9.59 Å². The molecule has 4 nitrogen and oxygen atoms in total. The number of halogens is 1. The first-order valence-corrected chi connectivity index (χ1v) is 6.24. The van der Waals surface area contributed by atoms with Crippen molar-refractivity contribution in [3.05, 3.63) is 0 Å². The number of likely N-dealkylation sites (tertiary alicyclic amines) is 1. The Balaban J connectivity index is 2.58. The summed E-state index contributed by atoms with van der Waals surface area (Å²) in [5.74, 6) is 0.0688. The van der Waals surface area contributed by atoms with Crippen molar-refractivity contribution in [2.75, 3.05) is 25.5 Å². The monoisotopic (exact) mass is 246 g/mol. The van der Waals surface area contributed by atoms with Crippen LogP contribution in [0.1, 0.15) is 26.7 Å². The average molecular weight is 247 g/mol. The molecule has 0 aromatic heterocycles. The number of hydrogen-bond acceptors (Lipinski definition) is 2. The van der Waals surface area contributed by atoms with Crippen LogP contribution in [-0.4, -0.2) is 53.2 Å². The molecule has 0 aromatic carbocycles. The van der Waals surface area contributed by atoms with Gasteiger partial charge in [0, 0.05) is 32.6 Å². The molecule has 1 atom stereocenters. The lowest BCUT2D eigenvalue weighted by atomic mass is 10.2. The van der Waals surface area contributed by atoms with Crippen molar-refractivity contribution in [2.45, 2.75) is 32.7 Å². The topological polar surface area (TPSA) is 40.6 Å². The largest absolute Gasteiger partial charge is 0.341 e. The van der Waals surface area contributed by atoms with E-state index in [4.69, 9.17) is 11.6 Å². The zero-order valence-electron chi connectivity index (χ0n) is 9.91. The van der Waals surface area contributed by atoms with E-state index in [-0.39, 0.29) is 23.7 Å². The molecular formula is C11H19ClN2O2. The smallest absolute Gasteiger partial charge is 0.237 e. The number of carbonyl (C=O) groups excluding carboxylic acids is 2. The minimum Gasteiger partial charge on any atom is -0.341 e. The molecule has 0 bridgehead atoms. The number of alkyl halides is 1. The van der Waals surface area contributed by atoms with Crippen LogP contribution in [0.3, 0.4) is 0 Å². The van der Waals surface area contributed by atoms with Gasteiger partial charge in [0.05, 0.1) is 0 Å². The van der Waals surface area contributed by atoms with Gasteiger partial charge >= 0.3 is 0 Å². The fraction of sp³-hybridized carbons (Fsp3) is 0.818. The average Bonchev–Trinajstić information content (AvgIpc) is 2.72. The van der Waals surface area contributed by atoms with Crippen molar-refractivity contribution in [1.82, 2.24) is 9.80 Å². The van der Waals surface area contributed by atoms with Gasteiger partial charge in [-0.2, -0.15) is 0 Å². The highest BCUT2D eigenvalue weighted by atomic mass is 35.5. The van der Waals surface area contributed by atoms with Crippen molar-refractivity contribution in [1.29, 1.82) is 0 Å². The third-order valence-corrected chi connectivity index (χ3v) is 3.30. The summed E-state index contributed by atoms with van der Waals surface area (Å²) in [5.41, 5.74) is 0. The minimum atomic E-state index is -0.0243. The standard InChI is InChI=1S/C11H19ClN2O2/c1-3-13(9(2)15)8-10-5-4-6-14(10)11(16)7-12/h10H,3-8H2,1-2H3. The van der Waals surface area contributed by atoms with Gasteiger partial charge in [-0.15, -0.1) is 11.6 Å². The molecule has 0 aliphatic carbocycles. The second kappa shape index (κ2) is 6.09. The van der Waals surface area contributed by atoms with Gasteiger partial charge in [-0.25, -0.2) is 0 Å². The quantitative estimate of drug-likeness (QED) is 0.697. The Labute approximate surface area is 102 Å². The normalized spacial score (nSPS) is 19.9. The number of rotatable bonds is 4. The zero-order valence-corrected chi connectivity index (χ0v) is 10.7. The Bertz CT molecular complexity index is 271. The molecule has 0 N–H and O–H groups in total. The third kappa shape index (κ3) is 3.11. The van der Waals surface area contributed by atoms with Crippen LogP contribution in [0.2, 0.25) is 0 Å². The van der Waals surface area contributed by atoms with Gasteiger partial charge < -0.3 is 9.80 Å². The van der Waals surface area contributed by atoms with Crippen molar-refractivity contribution in [2.24, 2.45) is 0 Å². The predicted molar refractivity (Wildman–Crippen MR) is 63.4 cm³/mol. The van der Waals surface area contributed by atoms with E-state index in [2.05, 4.69) is 0 Å². The minimum absolute atomic E-state index is 0.0243. The van der Waals surface area contributed by atoms with E-state index >= 15 is 0 Å². The maximum Gasteiger partial charge on any atom is 0.237 e. The Morgan fingerprint density at radius 3 is 2.69 bits per heavy atom. The number of carbonyl (C=O) groups is 2. The van der Waals surface area contributed by atoms with E-state index in [1.807, 2.05) is 6.92 Å². The highest BCUT2D eigenvalue weighted by Crippen LogP contribution is 2.18. The molecule has 0 spiro atoms. The molecule has 1 fully saturated rings. The van der Waals surface area contributed by atoms with Crippen molar-refractivity contribution >= 4 is 23.4 Å². The molecule has 5 heteroatoms. The van der Waals surface area contributed by atoms with Gasteiger partial charge in [0.1, 0.15) is 5.88 Å². The van der Waals surface area contributed by atoms with Gasteiger partial charge in [0.25, 0.3) is 0 Å². The van der Waals surface area contributed by atoms with E-state index in [0.717, 1.165) is 19.4 Å². The number of likely N-dealkylation sites (N-methyl/N-ethyl adjacent to an activating group) is 1. The molecular weight excluding hydrogens is 228 g/mol. The molecule has 1 aliphatic heterocycles. The van der Waals surface area contributed by atoms with Crippen molar-refractivity contribution in [3.8, 4) is 0 Å². The predicted octanol–water partition coefficient (Wildman–Crippen LogP) is 1.08. The van der Waals surface area contributed by atoms with Gasteiger partial charge in [0.2, 0.25) is 11.8 Å². The fourth-order valence-corrected chi connectivity index (χ4v) is 2.32. The van der Waals surface area contributed by atoms with Gasteiger partial charge in [0.15, 0.2) is 0 Å². The highest BCUT2D eigenvalue weighted by Gasteiger charge is 2.29. The number of nitrogens with zero attached hydrogens (tertiary/aromatic N) is 2. The van der Waals surface area contributed by atoms with Crippen molar-refractivity contribution in [3.63, 3.8) is 0 Å². The molecule has 1 rings (SSSR count). The molecule has 1 aliphatic rings. The highest BCUT2D eigenvalue weighted by molar-refractivity contribution is 6.27. The molecule has 1 saturated heterocycles. The van der Waals surface area contributed by atoms with Crippen LogP contribution >= 0.6 is 11.6 Å². The summed E-state index contributed by atoms with van der Waals surface area (Å²) < 4.78 is 0. The fourth-order valence-electron chi connectivity index (χ4n) is 2.17. The summed E-state index contributed by atoms with van der Waals surface area (Å²) in [6.07, 6.45) is 1.97. The lowest BCUT2D eigenvalue weighted by molar-refractivity contribution is -0.133. The second-order valence-corrected chi connectivity index (χ2v) is 4.34. The first kappa shape index (κ1) is 13.3. The molecule has 92 valence electrons. The Morgan fingerprint density at radius 2 is 2.19 bits per heavy atom. The summed E-state index contributed by atoms with van der Waals surface area (Å²) in [5, 5.41) is 0. The summed E-state index contributed by atoms with van der Waals surface area (Å²) >= 11 is 5.56. The first-order chi connectivity index (χ1) is 7.60. The van der Waals surface area contributed by atoms with Crippen LogP contribution in [0.4, 0.5) is 0 Å². The van der Waals surface area contributed by atoms with Crippen LogP contribution in [0.15, 0.2) is 0 Å². The summed E-state index contributed by atoms with van der Waals surface area (Å²) in [6, 6.07) is 0.148.